The molecule has 2 aromatic carbocycles. The van der Waals surface area contributed by atoms with Crippen LogP contribution in [0.5, 0.6) is 5.75 Å². The molecule has 2 nitrogen and oxygen atoms in total. The topological polar surface area (TPSA) is 21.3 Å². The van der Waals surface area contributed by atoms with Gasteiger partial charge < -0.3 is 10.1 Å². The summed E-state index contributed by atoms with van der Waals surface area (Å²) in [5.74, 6) is -0.351. The normalized spacial score (nSPS) is 12.2. The van der Waals surface area contributed by atoms with Crippen LogP contribution in [-0.4, -0.2) is 13.7 Å². The SMILES string of the molecule is CCNC(c1cc(F)cc(F)c1)c1ccc(OC)c(C)c1. The minimum absolute atomic E-state index is 0.259. The van der Waals surface area contributed by atoms with E-state index in [1.165, 1.54) is 12.1 Å². The summed E-state index contributed by atoms with van der Waals surface area (Å²) < 4.78 is 32.2. The van der Waals surface area contributed by atoms with Gasteiger partial charge in [-0.2, -0.15) is 0 Å². The molecule has 1 atom stereocenters. The van der Waals surface area contributed by atoms with Crippen LogP contribution < -0.4 is 10.1 Å². The number of halogens is 2. The maximum absolute atomic E-state index is 13.5. The van der Waals surface area contributed by atoms with Crippen LogP contribution in [0.1, 0.15) is 29.7 Å². The third-order valence-corrected chi connectivity index (χ3v) is 3.38. The van der Waals surface area contributed by atoms with Gasteiger partial charge in [-0.3, -0.25) is 0 Å². The van der Waals surface area contributed by atoms with E-state index in [0.717, 1.165) is 22.9 Å². The molecule has 0 bridgehead atoms. The lowest BCUT2D eigenvalue weighted by molar-refractivity contribution is 0.411. The number of benzene rings is 2. The fraction of sp³-hybridized carbons (Fsp3) is 0.294. The van der Waals surface area contributed by atoms with E-state index in [2.05, 4.69) is 5.32 Å². The van der Waals surface area contributed by atoms with Crippen molar-refractivity contribution in [2.75, 3.05) is 13.7 Å². The second-order valence-electron chi connectivity index (χ2n) is 4.92. The average molecular weight is 291 g/mol. The van der Waals surface area contributed by atoms with Crippen LogP contribution in [-0.2, 0) is 0 Å². The molecule has 112 valence electrons. The van der Waals surface area contributed by atoms with E-state index in [-0.39, 0.29) is 6.04 Å². The summed E-state index contributed by atoms with van der Waals surface area (Å²) in [6, 6.07) is 9.07. The minimum atomic E-state index is -0.571. The zero-order valence-electron chi connectivity index (χ0n) is 12.4. The highest BCUT2D eigenvalue weighted by molar-refractivity contribution is 5.41. The van der Waals surface area contributed by atoms with Crippen LogP contribution in [0, 0.1) is 18.6 Å². The summed E-state index contributed by atoms with van der Waals surface area (Å²) in [5.41, 5.74) is 2.49. The highest BCUT2D eigenvalue weighted by Crippen LogP contribution is 2.27. The molecule has 0 spiro atoms. The van der Waals surface area contributed by atoms with Crippen molar-refractivity contribution in [1.29, 1.82) is 0 Å². The second kappa shape index (κ2) is 6.68. The predicted octanol–water partition coefficient (Wildman–Crippen LogP) is 3.98. The van der Waals surface area contributed by atoms with Crippen molar-refractivity contribution in [3.8, 4) is 5.75 Å². The quantitative estimate of drug-likeness (QED) is 0.899. The maximum Gasteiger partial charge on any atom is 0.126 e. The Morgan fingerprint density at radius 2 is 1.71 bits per heavy atom. The third kappa shape index (κ3) is 3.58. The number of aryl methyl sites for hydroxylation is 1. The van der Waals surface area contributed by atoms with Crippen molar-refractivity contribution in [3.63, 3.8) is 0 Å². The van der Waals surface area contributed by atoms with E-state index in [1.54, 1.807) is 7.11 Å². The molecular weight excluding hydrogens is 272 g/mol. The molecule has 0 amide bonds. The number of rotatable bonds is 5. The Hall–Kier alpha value is -1.94. The smallest absolute Gasteiger partial charge is 0.126 e. The Morgan fingerprint density at radius 1 is 1.05 bits per heavy atom. The first-order valence-electron chi connectivity index (χ1n) is 6.89. The van der Waals surface area contributed by atoms with Crippen molar-refractivity contribution in [2.45, 2.75) is 19.9 Å². The van der Waals surface area contributed by atoms with Crippen LogP contribution in [0.2, 0.25) is 0 Å². The van der Waals surface area contributed by atoms with Gasteiger partial charge in [0.2, 0.25) is 0 Å². The number of methoxy groups -OCH3 is 1. The van der Waals surface area contributed by atoms with Gasteiger partial charge in [0.25, 0.3) is 0 Å². The van der Waals surface area contributed by atoms with E-state index >= 15 is 0 Å². The minimum Gasteiger partial charge on any atom is -0.496 e. The lowest BCUT2D eigenvalue weighted by Gasteiger charge is -2.20. The van der Waals surface area contributed by atoms with Crippen LogP contribution in [0.3, 0.4) is 0 Å². The summed E-state index contributed by atoms with van der Waals surface area (Å²) in [6.07, 6.45) is 0. The highest BCUT2D eigenvalue weighted by atomic mass is 19.1. The number of ether oxygens (including phenoxy) is 1. The molecule has 0 heterocycles. The lowest BCUT2D eigenvalue weighted by Crippen LogP contribution is -2.22. The summed E-state index contributed by atoms with van der Waals surface area (Å²) >= 11 is 0. The first kappa shape index (κ1) is 15.4. The molecule has 1 unspecified atom stereocenters. The molecule has 0 saturated carbocycles. The molecule has 0 fully saturated rings. The average Bonchev–Trinajstić information content (AvgIpc) is 2.43. The lowest BCUT2D eigenvalue weighted by atomic mass is 9.96. The molecule has 0 aromatic heterocycles. The predicted molar refractivity (Wildman–Crippen MR) is 79.6 cm³/mol. The molecule has 0 aliphatic heterocycles. The Morgan fingerprint density at radius 3 is 2.24 bits per heavy atom. The van der Waals surface area contributed by atoms with Crippen molar-refractivity contribution in [1.82, 2.24) is 5.32 Å². The Labute approximate surface area is 123 Å². The number of hydrogen-bond acceptors (Lipinski definition) is 2. The Kier molecular flexibility index (Phi) is 4.91. The standard InChI is InChI=1S/C17H19F2NO/c1-4-20-17(13-8-14(18)10-15(19)9-13)12-5-6-16(21-3)11(2)7-12/h5-10,17,20H,4H2,1-3H3. The summed E-state index contributed by atoms with van der Waals surface area (Å²) in [4.78, 5) is 0. The van der Waals surface area contributed by atoms with E-state index in [4.69, 9.17) is 4.74 Å². The molecule has 0 radical (unpaired) electrons. The van der Waals surface area contributed by atoms with Crippen LogP contribution >= 0.6 is 0 Å². The van der Waals surface area contributed by atoms with E-state index in [1.807, 2.05) is 32.0 Å². The van der Waals surface area contributed by atoms with Crippen LogP contribution in [0.25, 0.3) is 0 Å². The zero-order chi connectivity index (χ0) is 15.4. The summed E-state index contributed by atoms with van der Waals surface area (Å²) in [5, 5.41) is 3.26. The number of nitrogens with one attached hydrogen (secondary N) is 1. The van der Waals surface area contributed by atoms with Crippen molar-refractivity contribution >= 4 is 0 Å². The molecular formula is C17H19F2NO. The first-order chi connectivity index (χ1) is 10.0. The van der Waals surface area contributed by atoms with Gasteiger partial charge in [0, 0.05) is 6.07 Å². The van der Waals surface area contributed by atoms with Crippen LogP contribution in [0.4, 0.5) is 8.78 Å². The first-order valence-corrected chi connectivity index (χ1v) is 6.89. The van der Waals surface area contributed by atoms with E-state index in [0.29, 0.717) is 12.1 Å². The van der Waals surface area contributed by atoms with Gasteiger partial charge in [-0.15, -0.1) is 0 Å². The molecule has 0 aliphatic rings. The molecule has 2 aromatic rings. The van der Waals surface area contributed by atoms with Crippen molar-refractivity contribution < 1.29 is 13.5 Å². The van der Waals surface area contributed by atoms with Crippen molar-refractivity contribution in [2.24, 2.45) is 0 Å². The molecule has 2 rings (SSSR count). The summed E-state index contributed by atoms with van der Waals surface area (Å²) in [6.45, 7) is 4.59. The largest absolute Gasteiger partial charge is 0.496 e. The van der Waals surface area contributed by atoms with Gasteiger partial charge in [0.05, 0.1) is 13.2 Å². The van der Waals surface area contributed by atoms with Crippen LogP contribution in [0.15, 0.2) is 36.4 Å². The van der Waals surface area contributed by atoms with Gasteiger partial charge in [0.15, 0.2) is 0 Å². The number of hydrogen-bond donors (Lipinski definition) is 1. The zero-order valence-corrected chi connectivity index (χ0v) is 12.4. The van der Waals surface area contributed by atoms with E-state index in [9.17, 15) is 8.78 Å². The van der Waals surface area contributed by atoms with Gasteiger partial charge in [0.1, 0.15) is 17.4 Å². The molecule has 1 N–H and O–H groups in total. The Balaban J connectivity index is 2.45. The fourth-order valence-corrected chi connectivity index (χ4v) is 2.46. The molecule has 4 heteroatoms. The second-order valence-corrected chi connectivity index (χ2v) is 4.92. The van der Waals surface area contributed by atoms with Gasteiger partial charge in [-0.1, -0.05) is 19.1 Å². The van der Waals surface area contributed by atoms with Gasteiger partial charge in [-0.05, 0) is 48.4 Å². The molecule has 0 aliphatic carbocycles. The van der Waals surface area contributed by atoms with Gasteiger partial charge >= 0.3 is 0 Å². The van der Waals surface area contributed by atoms with Crippen molar-refractivity contribution in [3.05, 3.63) is 64.7 Å². The fourth-order valence-electron chi connectivity index (χ4n) is 2.46. The molecule has 0 saturated heterocycles. The third-order valence-electron chi connectivity index (χ3n) is 3.38. The highest BCUT2D eigenvalue weighted by Gasteiger charge is 2.16. The Bertz CT molecular complexity index is 608. The van der Waals surface area contributed by atoms with Gasteiger partial charge in [-0.25, -0.2) is 8.78 Å². The maximum atomic E-state index is 13.5. The van der Waals surface area contributed by atoms with E-state index < -0.39 is 11.6 Å². The summed E-state index contributed by atoms with van der Waals surface area (Å²) in [7, 11) is 1.62. The monoisotopic (exact) mass is 291 g/mol. The molecule has 21 heavy (non-hydrogen) atoms.